The molecule has 2 rings (SSSR count). The Morgan fingerprint density at radius 2 is 2.14 bits per heavy atom. The first kappa shape index (κ1) is 9.15. The zero-order valence-corrected chi connectivity index (χ0v) is 7.61. The number of benzene rings is 1. The Hall–Kier alpha value is -1.42. The molecule has 0 amide bonds. The standard InChI is InChI=1S/C10H11FN2O/c11-8-3-1-7(2-4-8)10-5-9(6-12)13-14-10/h1-4,10H,5-6,12H2. The zero-order valence-electron chi connectivity index (χ0n) is 7.61. The maximum absolute atomic E-state index is 12.6. The molecule has 1 aliphatic rings. The van der Waals surface area contributed by atoms with E-state index in [1.54, 1.807) is 12.1 Å². The van der Waals surface area contributed by atoms with Crippen LogP contribution in [0.15, 0.2) is 29.4 Å². The van der Waals surface area contributed by atoms with Gasteiger partial charge in [0.2, 0.25) is 0 Å². The molecule has 1 aliphatic heterocycles. The summed E-state index contributed by atoms with van der Waals surface area (Å²) in [6, 6.07) is 6.24. The van der Waals surface area contributed by atoms with Gasteiger partial charge in [-0.25, -0.2) is 4.39 Å². The predicted octanol–water partition coefficient (Wildman–Crippen LogP) is 1.60. The van der Waals surface area contributed by atoms with Gasteiger partial charge in [0, 0.05) is 13.0 Å². The average Bonchev–Trinajstić information content (AvgIpc) is 2.67. The summed E-state index contributed by atoms with van der Waals surface area (Å²) in [5, 5.41) is 3.83. The van der Waals surface area contributed by atoms with Crippen LogP contribution in [-0.2, 0) is 4.84 Å². The summed E-state index contributed by atoms with van der Waals surface area (Å²) >= 11 is 0. The van der Waals surface area contributed by atoms with E-state index in [0.29, 0.717) is 13.0 Å². The molecule has 1 unspecified atom stereocenters. The van der Waals surface area contributed by atoms with Gasteiger partial charge in [-0.3, -0.25) is 0 Å². The summed E-state index contributed by atoms with van der Waals surface area (Å²) in [7, 11) is 0. The molecule has 0 fully saturated rings. The fraction of sp³-hybridized carbons (Fsp3) is 0.300. The van der Waals surface area contributed by atoms with Crippen LogP contribution in [0.5, 0.6) is 0 Å². The van der Waals surface area contributed by atoms with Gasteiger partial charge in [0.25, 0.3) is 0 Å². The highest BCUT2D eigenvalue weighted by molar-refractivity contribution is 5.87. The smallest absolute Gasteiger partial charge is 0.157 e. The Balaban J connectivity index is 2.08. The molecular formula is C10H11FN2O. The van der Waals surface area contributed by atoms with Crippen LogP contribution >= 0.6 is 0 Å². The fourth-order valence-electron chi connectivity index (χ4n) is 1.40. The summed E-state index contributed by atoms with van der Waals surface area (Å²) in [5.41, 5.74) is 7.20. The number of hydrogen-bond donors (Lipinski definition) is 1. The topological polar surface area (TPSA) is 47.6 Å². The third-order valence-corrected chi connectivity index (χ3v) is 2.21. The van der Waals surface area contributed by atoms with Gasteiger partial charge in [0.15, 0.2) is 6.10 Å². The Morgan fingerprint density at radius 3 is 2.71 bits per heavy atom. The van der Waals surface area contributed by atoms with E-state index in [9.17, 15) is 4.39 Å². The van der Waals surface area contributed by atoms with Crippen LogP contribution in [0.4, 0.5) is 4.39 Å². The van der Waals surface area contributed by atoms with Crippen molar-refractivity contribution in [2.75, 3.05) is 6.54 Å². The van der Waals surface area contributed by atoms with E-state index < -0.39 is 0 Å². The normalized spacial score (nSPS) is 20.4. The van der Waals surface area contributed by atoms with E-state index in [1.807, 2.05) is 0 Å². The minimum atomic E-state index is -0.244. The number of halogens is 1. The maximum Gasteiger partial charge on any atom is 0.157 e. The minimum absolute atomic E-state index is 0.103. The molecule has 0 saturated carbocycles. The number of nitrogens with two attached hydrogens (primary N) is 1. The van der Waals surface area contributed by atoms with E-state index in [1.165, 1.54) is 12.1 Å². The van der Waals surface area contributed by atoms with Crippen molar-refractivity contribution in [3.05, 3.63) is 35.6 Å². The van der Waals surface area contributed by atoms with E-state index in [2.05, 4.69) is 5.16 Å². The van der Waals surface area contributed by atoms with Crippen LogP contribution in [0.1, 0.15) is 18.1 Å². The summed E-state index contributed by atoms with van der Waals surface area (Å²) < 4.78 is 12.6. The highest BCUT2D eigenvalue weighted by Crippen LogP contribution is 2.26. The van der Waals surface area contributed by atoms with Gasteiger partial charge in [-0.2, -0.15) is 0 Å². The van der Waals surface area contributed by atoms with E-state index in [0.717, 1.165) is 11.3 Å². The molecule has 0 aromatic heterocycles. The van der Waals surface area contributed by atoms with Crippen LogP contribution in [-0.4, -0.2) is 12.3 Å². The van der Waals surface area contributed by atoms with Crippen LogP contribution in [0.2, 0.25) is 0 Å². The van der Waals surface area contributed by atoms with E-state index in [-0.39, 0.29) is 11.9 Å². The first-order chi connectivity index (χ1) is 6.79. The third kappa shape index (κ3) is 1.75. The van der Waals surface area contributed by atoms with Gasteiger partial charge in [0.05, 0.1) is 5.71 Å². The predicted molar refractivity (Wildman–Crippen MR) is 51.3 cm³/mol. The van der Waals surface area contributed by atoms with Gasteiger partial charge in [-0.05, 0) is 17.7 Å². The SMILES string of the molecule is NCC1=NOC(c2ccc(F)cc2)C1. The second-order valence-corrected chi connectivity index (χ2v) is 3.21. The molecule has 0 aliphatic carbocycles. The molecule has 74 valence electrons. The Bertz CT molecular complexity index is 348. The van der Waals surface area contributed by atoms with Gasteiger partial charge in [-0.15, -0.1) is 0 Å². The first-order valence-electron chi connectivity index (χ1n) is 4.46. The van der Waals surface area contributed by atoms with Crippen LogP contribution in [0.25, 0.3) is 0 Å². The van der Waals surface area contributed by atoms with Crippen molar-refractivity contribution in [3.63, 3.8) is 0 Å². The Kier molecular flexibility index (Phi) is 2.45. The van der Waals surface area contributed by atoms with Crippen molar-refractivity contribution < 1.29 is 9.23 Å². The largest absolute Gasteiger partial charge is 0.387 e. The number of hydrogen-bond acceptors (Lipinski definition) is 3. The number of rotatable bonds is 2. The highest BCUT2D eigenvalue weighted by atomic mass is 19.1. The fourth-order valence-corrected chi connectivity index (χ4v) is 1.40. The van der Waals surface area contributed by atoms with E-state index in [4.69, 9.17) is 10.6 Å². The van der Waals surface area contributed by atoms with Crippen molar-refractivity contribution in [1.82, 2.24) is 0 Å². The summed E-state index contributed by atoms with van der Waals surface area (Å²) in [4.78, 5) is 5.17. The average molecular weight is 194 g/mol. The Labute approximate surface area is 81.4 Å². The molecule has 4 heteroatoms. The van der Waals surface area contributed by atoms with Gasteiger partial charge < -0.3 is 10.6 Å². The summed E-state index contributed by atoms with van der Waals surface area (Å²) in [6.07, 6.45) is 0.594. The second-order valence-electron chi connectivity index (χ2n) is 3.21. The number of nitrogens with zero attached hydrogens (tertiary/aromatic N) is 1. The Morgan fingerprint density at radius 1 is 1.43 bits per heavy atom. The van der Waals surface area contributed by atoms with Crippen molar-refractivity contribution in [2.24, 2.45) is 10.9 Å². The van der Waals surface area contributed by atoms with Crippen molar-refractivity contribution in [3.8, 4) is 0 Å². The lowest BCUT2D eigenvalue weighted by molar-refractivity contribution is 0.0857. The zero-order chi connectivity index (χ0) is 9.97. The molecule has 1 aromatic rings. The van der Waals surface area contributed by atoms with Crippen molar-refractivity contribution in [1.29, 1.82) is 0 Å². The van der Waals surface area contributed by atoms with Gasteiger partial charge >= 0.3 is 0 Å². The minimum Gasteiger partial charge on any atom is -0.387 e. The maximum atomic E-state index is 12.6. The molecule has 1 atom stereocenters. The van der Waals surface area contributed by atoms with Gasteiger partial charge in [0.1, 0.15) is 5.82 Å². The first-order valence-corrected chi connectivity index (χ1v) is 4.46. The lowest BCUT2D eigenvalue weighted by atomic mass is 10.0. The molecule has 1 aromatic carbocycles. The molecule has 3 nitrogen and oxygen atoms in total. The summed E-state index contributed by atoms with van der Waals surface area (Å²) in [5.74, 6) is -0.244. The van der Waals surface area contributed by atoms with Crippen molar-refractivity contribution in [2.45, 2.75) is 12.5 Å². The molecule has 2 N–H and O–H groups in total. The molecule has 0 spiro atoms. The lowest BCUT2D eigenvalue weighted by Crippen LogP contribution is -2.12. The molecule has 1 heterocycles. The van der Waals surface area contributed by atoms with Crippen LogP contribution < -0.4 is 5.73 Å². The molecular weight excluding hydrogens is 183 g/mol. The van der Waals surface area contributed by atoms with Crippen LogP contribution in [0, 0.1) is 5.82 Å². The lowest BCUT2D eigenvalue weighted by Gasteiger charge is -2.07. The highest BCUT2D eigenvalue weighted by Gasteiger charge is 2.21. The molecule has 0 saturated heterocycles. The quantitative estimate of drug-likeness (QED) is 0.777. The van der Waals surface area contributed by atoms with Crippen molar-refractivity contribution >= 4 is 5.71 Å². The van der Waals surface area contributed by atoms with Gasteiger partial charge in [-0.1, -0.05) is 17.3 Å². The van der Waals surface area contributed by atoms with E-state index >= 15 is 0 Å². The molecule has 0 radical (unpaired) electrons. The monoisotopic (exact) mass is 194 g/mol. The number of oxime groups is 1. The second kappa shape index (κ2) is 3.75. The molecule has 14 heavy (non-hydrogen) atoms. The third-order valence-electron chi connectivity index (χ3n) is 2.21. The molecule has 0 bridgehead atoms. The summed E-state index contributed by atoms with van der Waals surface area (Å²) in [6.45, 7) is 0.414. The van der Waals surface area contributed by atoms with Crippen LogP contribution in [0.3, 0.4) is 0 Å².